The van der Waals surface area contributed by atoms with Crippen LogP contribution in [0.1, 0.15) is 49.3 Å². The summed E-state index contributed by atoms with van der Waals surface area (Å²) in [4.78, 5) is 16.4. The van der Waals surface area contributed by atoms with Gasteiger partial charge in [0.2, 0.25) is 0 Å². The number of carboxylic acid groups (broad SMARTS) is 1. The standard InChI is InChI=1S/C26H28N2O2/c1-3-4-5-8-18-28-24-13-7-6-11-21(24)15-16-22-19-20(14-17-25(22)28)10-9-12-23(27-2)26(29)30/h6-7,9-14,17,19H,3-5,8,15-16,18H2,1H3,(H,29,30)/b10-9+,23-12-. The third-order valence-corrected chi connectivity index (χ3v) is 5.46. The fourth-order valence-corrected chi connectivity index (χ4v) is 3.90. The Morgan fingerprint density at radius 1 is 1.10 bits per heavy atom. The van der Waals surface area contributed by atoms with Crippen LogP contribution in [0.15, 0.2) is 60.3 Å². The summed E-state index contributed by atoms with van der Waals surface area (Å²) in [7, 11) is 0. The van der Waals surface area contributed by atoms with Crippen molar-refractivity contribution in [1.29, 1.82) is 0 Å². The second-order valence-electron chi connectivity index (χ2n) is 7.56. The summed E-state index contributed by atoms with van der Waals surface area (Å²) < 4.78 is 0. The zero-order valence-electron chi connectivity index (χ0n) is 17.5. The quantitative estimate of drug-likeness (QED) is 0.241. The van der Waals surface area contributed by atoms with Gasteiger partial charge in [0.15, 0.2) is 0 Å². The van der Waals surface area contributed by atoms with E-state index in [2.05, 4.69) is 59.1 Å². The Labute approximate surface area is 179 Å². The molecule has 4 heteroatoms. The molecule has 1 aliphatic rings. The average Bonchev–Trinajstić information content (AvgIpc) is 2.91. The van der Waals surface area contributed by atoms with Crippen molar-refractivity contribution in [2.45, 2.75) is 45.4 Å². The second-order valence-corrected chi connectivity index (χ2v) is 7.56. The largest absolute Gasteiger partial charge is 0.486 e. The number of para-hydroxylation sites is 1. The molecule has 0 radical (unpaired) electrons. The molecule has 0 fully saturated rings. The third-order valence-electron chi connectivity index (χ3n) is 5.46. The first-order chi connectivity index (χ1) is 14.6. The second kappa shape index (κ2) is 10.5. The molecule has 2 aromatic rings. The van der Waals surface area contributed by atoms with Crippen molar-refractivity contribution in [3.8, 4) is 0 Å². The SMILES string of the molecule is [C-]#[N+]/C(=C\C=C\c1ccc2c(c1)CCc1ccccc1N2CCCCCC)C(=O)O. The monoisotopic (exact) mass is 400 g/mol. The molecule has 0 amide bonds. The van der Waals surface area contributed by atoms with Gasteiger partial charge in [0.1, 0.15) is 0 Å². The van der Waals surface area contributed by atoms with Crippen LogP contribution in [0.5, 0.6) is 0 Å². The lowest BCUT2D eigenvalue weighted by atomic mass is 10.0. The van der Waals surface area contributed by atoms with Gasteiger partial charge in [-0.3, -0.25) is 4.79 Å². The molecule has 0 saturated heterocycles. The highest BCUT2D eigenvalue weighted by molar-refractivity contribution is 5.89. The molecular weight excluding hydrogens is 372 g/mol. The van der Waals surface area contributed by atoms with Crippen LogP contribution in [0.25, 0.3) is 10.9 Å². The lowest BCUT2D eigenvalue weighted by Crippen LogP contribution is -2.19. The van der Waals surface area contributed by atoms with Crippen LogP contribution in [-0.2, 0) is 17.6 Å². The summed E-state index contributed by atoms with van der Waals surface area (Å²) in [5.74, 6) is -1.20. The van der Waals surface area contributed by atoms with Crippen LogP contribution >= 0.6 is 0 Å². The lowest BCUT2D eigenvalue weighted by molar-refractivity contribution is -0.132. The molecule has 0 atom stereocenters. The Morgan fingerprint density at radius 2 is 1.87 bits per heavy atom. The molecule has 4 nitrogen and oxygen atoms in total. The van der Waals surface area contributed by atoms with Gasteiger partial charge in [-0.05, 0) is 60.2 Å². The predicted octanol–water partition coefficient (Wildman–Crippen LogP) is 6.40. The van der Waals surface area contributed by atoms with E-state index in [1.54, 1.807) is 6.08 Å². The van der Waals surface area contributed by atoms with Crippen molar-refractivity contribution < 1.29 is 9.90 Å². The van der Waals surface area contributed by atoms with E-state index >= 15 is 0 Å². The van der Waals surface area contributed by atoms with Crippen molar-refractivity contribution in [3.63, 3.8) is 0 Å². The summed E-state index contributed by atoms with van der Waals surface area (Å²) in [6.07, 6.45) is 11.7. The van der Waals surface area contributed by atoms with Crippen molar-refractivity contribution in [1.82, 2.24) is 0 Å². The summed E-state index contributed by atoms with van der Waals surface area (Å²) in [6.45, 7) is 10.2. The van der Waals surface area contributed by atoms with E-state index < -0.39 is 5.97 Å². The van der Waals surface area contributed by atoms with Gasteiger partial charge in [-0.1, -0.05) is 62.6 Å². The highest BCUT2D eigenvalue weighted by atomic mass is 16.4. The smallest absolute Gasteiger partial charge is 0.333 e. The van der Waals surface area contributed by atoms with Crippen LogP contribution in [-0.4, -0.2) is 17.6 Å². The molecule has 1 N–H and O–H groups in total. The van der Waals surface area contributed by atoms with Crippen molar-refractivity contribution in [3.05, 3.63) is 88.4 Å². The first kappa shape index (κ1) is 21.4. The Bertz CT molecular complexity index is 998. The minimum Gasteiger partial charge on any atom is -0.486 e. The minimum absolute atomic E-state index is 0.283. The maximum absolute atomic E-state index is 11.0. The first-order valence-corrected chi connectivity index (χ1v) is 10.6. The predicted molar refractivity (Wildman–Crippen MR) is 123 cm³/mol. The number of allylic oxidation sites excluding steroid dienone is 2. The molecule has 1 aliphatic heterocycles. The Morgan fingerprint density at radius 3 is 2.63 bits per heavy atom. The van der Waals surface area contributed by atoms with Gasteiger partial charge >= 0.3 is 5.97 Å². The number of carboxylic acids is 1. The van der Waals surface area contributed by atoms with E-state index in [1.807, 2.05) is 6.08 Å². The number of aliphatic carboxylic acids is 1. The molecule has 0 saturated carbocycles. The van der Waals surface area contributed by atoms with Crippen LogP contribution in [0.4, 0.5) is 11.4 Å². The summed E-state index contributed by atoms with van der Waals surface area (Å²) in [5.41, 5.74) is 5.98. The molecule has 1 heterocycles. The molecule has 0 aliphatic carbocycles. The van der Waals surface area contributed by atoms with E-state index in [9.17, 15) is 4.79 Å². The number of fused-ring (bicyclic) bond motifs is 2. The molecule has 0 unspecified atom stereocenters. The zero-order valence-corrected chi connectivity index (χ0v) is 17.5. The zero-order chi connectivity index (χ0) is 21.3. The topological polar surface area (TPSA) is 44.9 Å². The van der Waals surface area contributed by atoms with Gasteiger partial charge in [-0.15, -0.1) is 0 Å². The fraction of sp³-hybridized carbons (Fsp3) is 0.308. The van der Waals surface area contributed by atoms with E-state index in [0.29, 0.717) is 0 Å². The molecule has 0 bridgehead atoms. The third kappa shape index (κ3) is 5.18. The van der Waals surface area contributed by atoms with Crippen molar-refractivity contribution in [2.24, 2.45) is 0 Å². The van der Waals surface area contributed by atoms with Gasteiger partial charge in [-0.25, -0.2) is 4.85 Å². The van der Waals surface area contributed by atoms with Gasteiger partial charge in [-0.2, -0.15) is 0 Å². The Kier molecular flexibility index (Phi) is 7.45. The van der Waals surface area contributed by atoms with Crippen molar-refractivity contribution in [2.75, 3.05) is 11.4 Å². The maximum atomic E-state index is 11.0. The van der Waals surface area contributed by atoms with Crippen LogP contribution in [0.3, 0.4) is 0 Å². The fourth-order valence-electron chi connectivity index (χ4n) is 3.90. The van der Waals surface area contributed by atoms with Gasteiger partial charge in [0.05, 0.1) is 6.57 Å². The van der Waals surface area contributed by atoms with Crippen LogP contribution in [0, 0.1) is 6.57 Å². The number of hydrogen-bond acceptors (Lipinski definition) is 2. The van der Waals surface area contributed by atoms with Gasteiger partial charge < -0.3 is 10.0 Å². The highest BCUT2D eigenvalue weighted by Crippen LogP contribution is 2.36. The van der Waals surface area contributed by atoms with E-state index in [0.717, 1.165) is 24.9 Å². The maximum Gasteiger partial charge on any atom is 0.333 e. The number of rotatable bonds is 8. The number of carbonyl (C=O) groups is 1. The number of hydrogen-bond donors (Lipinski definition) is 1. The van der Waals surface area contributed by atoms with E-state index in [1.165, 1.54) is 54.3 Å². The summed E-state index contributed by atoms with van der Waals surface area (Å²) >= 11 is 0. The summed E-state index contributed by atoms with van der Waals surface area (Å²) in [6, 6.07) is 15.1. The number of aryl methyl sites for hydroxylation is 2. The minimum atomic E-state index is -1.20. The normalized spacial score (nSPS) is 13.5. The Hall–Kier alpha value is -3.32. The van der Waals surface area contributed by atoms with Gasteiger partial charge in [0.25, 0.3) is 5.70 Å². The highest BCUT2D eigenvalue weighted by Gasteiger charge is 2.20. The number of anilines is 2. The lowest BCUT2D eigenvalue weighted by Gasteiger charge is -2.27. The molecule has 2 aromatic carbocycles. The van der Waals surface area contributed by atoms with E-state index in [4.69, 9.17) is 11.7 Å². The number of nitrogens with zero attached hydrogens (tertiary/aromatic N) is 2. The number of unbranched alkanes of at least 4 members (excludes halogenated alkanes) is 3. The molecule has 0 spiro atoms. The number of benzene rings is 2. The molecule has 3 rings (SSSR count). The molecule has 30 heavy (non-hydrogen) atoms. The van der Waals surface area contributed by atoms with Crippen LogP contribution in [0.2, 0.25) is 0 Å². The molecule has 0 aromatic heterocycles. The van der Waals surface area contributed by atoms with Crippen molar-refractivity contribution >= 4 is 23.4 Å². The molecule has 154 valence electrons. The van der Waals surface area contributed by atoms with Gasteiger partial charge in [0, 0.05) is 17.9 Å². The molecular formula is C26H28N2O2. The van der Waals surface area contributed by atoms with E-state index in [-0.39, 0.29) is 5.70 Å². The Balaban J connectivity index is 1.88. The van der Waals surface area contributed by atoms with Crippen LogP contribution < -0.4 is 4.90 Å². The first-order valence-electron chi connectivity index (χ1n) is 10.6. The average molecular weight is 401 g/mol. The summed E-state index contributed by atoms with van der Waals surface area (Å²) in [5, 5.41) is 8.96.